The van der Waals surface area contributed by atoms with Crippen molar-refractivity contribution in [2.45, 2.75) is 57.4 Å². The Bertz CT molecular complexity index is 766. The lowest BCUT2D eigenvalue weighted by molar-refractivity contribution is 0.0934. The zero-order chi connectivity index (χ0) is 20.7. The Hall–Kier alpha value is -1.15. The molecule has 28 heavy (non-hydrogen) atoms. The molecule has 1 amide bonds. The molecule has 1 aliphatic heterocycles. The first-order chi connectivity index (χ1) is 13.3. The molecular weight excluding hydrogens is 398 g/mol. The Labute approximate surface area is 174 Å². The van der Waals surface area contributed by atoms with Crippen LogP contribution in [0.3, 0.4) is 0 Å². The Morgan fingerprint density at radius 3 is 2.61 bits per heavy atom. The number of nitrogens with one attached hydrogen (secondary N) is 1. The summed E-state index contributed by atoms with van der Waals surface area (Å²) < 4.78 is 26.8. The van der Waals surface area contributed by atoms with Crippen LogP contribution in [0, 0.1) is 0 Å². The normalized spacial score (nSPS) is 18.4. The average Bonchev–Trinajstić information content (AvgIpc) is 2.69. The van der Waals surface area contributed by atoms with E-state index in [1.54, 1.807) is 13.8 Å². The van der Waals surface area contributed by atoms with Gasteiger partial charge in [0.15, 0.2) is 0 Å². The molecular formula is C20H32ClN3O3S. The molecule has 1 heterocycles. The lowest BCUT2D eigenvalue weighted by Crippen LogP contribution is -2.43. The standard InChI is InChI=1S/C20H32ClN3O3S/c1-4-16-9-7-8-13-23(16)14-12-22-20(25)18-15-17(10-11-19(18)21)28(26,27)24(5-2)6-3/h10-11,15-16H,4-9,12-14H2,1-3H3,(H,22,25). The zero-order valence-corrected chi connectivity index (χ0v) is 18.7. The first kappa shape index (κ1) is 23.1. The van der Waals surface area contributed by atoms with Crippen LogP contribution in [0.15, 0.2) is 23.1 Å². The minimum atomic E-state index is -3.64. The predicted molar refractivity (Wildman–Crippen MR) is 113 cm³/mol. The summed E-state index contributed by atoms with van der Waals surface area (Å²) in [5, 5.41) is 3.14. The molecule has 1 atom stereocenters. The van der Waals surface area contributed by atoms with Gasteiger partial charge in [0.05, 0.1) is 15.5 Å². The van der Waals surface area contributed by atoms with Crippen molar-refractivity contribution in [3.05, 3.63) is 28.8 Å². The van der Waals surface area contributed by atoms with Gasteiger partial charge in [-0.1, -0.05) is 38.8 Å². The van der Waals surface area contributed by atoms with Gasteiger partial charge in [0.2, 0.25) is 10.0 Å². The van der Waals surface area contributed by atoms with Crippen LogP contribution in [-0.2, 0) is 10.0 Å². The molecule has 1 fully saturated rings. The van der Waals surface area contributed by atoms with Crippen LogP contribution in [-0.4, -0.2) is 62.3 Å². The first-order valence-electron chi connectivity index (χ1n) is 10.2. The van der Waals surface area contributed by atoms with Gasteiger partial charge >= 0.3 is 0 Å². The Morgan fingerprint density at radius 2 is 1.96 bits per heavy atom. The number of halogens is 1. The van der Waals surface area contributed by atoms with Gasteiger partial charge in [0, 0.05) is 32.2 Å². The Morgan fingerprint density at radius 1 is 1.25 bits per heavy atom. The second-order valence-corrected chi connectivity index (χ2v) is 9.43. The van der Waals surface area contributed by atoms with Crippen LogP contribution in [0.4, 0.5) is 0 Å². The lowest BCUT2D eigenvalue weighted by atomic mass is 10.0. The fraction of sp³-hybridized carbons (Fsp3) is 0.650. The van der Waals surface area contributed by atoms with E-state index in [9.17, 15) is 13.2 Å². The van der Waals surface area contributed by atoms with Crippen LogP contribution in [0.25, 0.3) is 0 Å². The van der Waals surface area contributed by atoms with E-state index < -0.39 is 10.0 Å². The minimum Gasteiger partial charge on any atom is -0.351 e. The molecule has 1 aromatic carbocycles. The van der Waals surface area contributed by atoms with E-state index in [0.29, 0.717) is 25.7 Å². The molecule has 6 nitrogen and oxygen atoms in total. The highest BCUT2D eigenvalue weighted by Gasteiger charge is 2.24. The molecule has 0 aromatic heterocycles. The molecule has 1 N–H and O–H groups in total. The summed E-state index contributed by atoms with van der Waals surface area (Å²) >= 11 is 6.18. The van der Waals surface area contributed by atoms with Gasteiger partial charge in [-0.15, -0.1) is 0 Å². The molecule has 158 valence electrons. The quantitative estimate of drug-likeness (QED) is 0.653. The number of piperidine rings is 1. The van der Waals surface area contributed by atoms with Crippen LogP contribution in [0.2, 0.25) is 5.02 Å². The predicted octanol–water partition coefficient (Wildman–Crippen LogP) is 3.36. The number of hydrogen-bond donors (Lipinski definition) is 1. The summed E-state index contributed by atoms with van der Waals surface area (Å²) in [5.41, 5.74) is 0.195. The van der Waals surface area contributed by atoms with Crippen molar-refractivity contribution in [2.24, 2.45) is 0 Å². The smallest absolute Gasteiger partial charge is 0.252 e. The molecule has 0 saturated carbocycles. The average molecular weight is 430 g/mol. The van der Waals surface area contributed by atoms with Crippen molar-refractivity contribution in [1.29, 1.82) is 0 Å². The third-order valence-electron chi connectivity index (χ3n) is 5.43. The minimum absolute atomic E-state index is 0.0906. The van der Waals surface area contributed by atoms with E-state index in [0.717, 1.165) is 19.5 Å². The Balaban J connectivity index is 2.07. The van der Waals surface area contributed by atoms with Crippen molar-refractivity contribution in [3.63, 3.8) is 0 Å². The maximum absolute atomic E-state index is 12.7. The molecule has 0 aliphatic carbocycles. The number of sulfonamides is 1. The number of carbonyl (C=O) groups is 1. The van der Waals surface area contributed by atoms with E-state index in [1.807, 2.05) is 0 Å². The first-order valence-corrected chi connectivity index (χ1v) is 12.0. The van der Waals surface area contributed by atoms with Gasteiger partial charge in [-0.2, -0.15) is 4.31 Å². The van der Waals surface area contributed by atoms with E-state index in [1.165, 1.54) is 41.8 Å². The van der Waals surface area contributed by atoms with Gasteiger partial charge in [0.1, 0.15) is 0 Å². The Kier molecular flexibility index (Phi) is 8.74. The van der Waals surface area contributed by atoms with E-state index in [4.69, 9.17) is 11.6 Å². The fourth-order valence-corrected chi connectivity index (χ4v) is 5.46. The fourth-order valence-electron chi connectivity index (χ4n) is 3.78. The summed E-state index contributed by atoms with van der Waals surface area (Å²) in [4.78, 5) is 15.1. The zero-order valence-electron chi connectivity index (χ0n) is 17.1. The molecule has 0 spiro atoms. The summed E-state index contributed by atoms with van der Waals surface area (Å²) in [6.07, 6.45) is 4.79. The molecule has 0 bridgehead atoms. The third-order valence-corrected chi connectivity index (χ3v) is 7.81. The van der Waals surface area contributed by atoms with E-state index in [-0.39, 0.29) is 21.4 Å². The van der Waals surface area contributed by atoms with Crippen LogP contribution < -0.4 is 5.32 Å². The van der Waals surface area contributed by atoms with Crippen molar-refractivity contribution in [2.75, 3.05) is 32.7 Å². The summed E-state index contributed by atoms with van der Waals surface area (Å²) in [6.45, 7) is 8.88. The largest absolute Gasteiger partial charge is 0.351 e. The van der Waals surface area contributed by atoms with Gasteiger partial charge < -0.3 is 5.32 Å². The monoisotopic (exact) mass is 429 g/mol. The second kappa shape index (κ2) is 10.6. The highest BCUT2D eigenvalue weighted by molar-refractivity contribution is 7.89. The van der Waals surface area contributed by atoms with Crippen molar-refractivity contribution < 1.29 is 13.2 Å². The second-order valence-electron chi connectivity index (χ2n) is 7.08. The van der Waals surface area contributed by atoms with Crippen LogP contribution in [0.5, 0.6) is 0 Å². The number of hydrogen-bond acceptors (Lipinski definition) is 4. The number of amides is 1. The highest BCUT2D eigenvalue weighted by Crippen LogP contribution is 2.23. The molecule has 1 aliphatic rings. The topological polar surface area (TPSA) is 69.7 Å². The highest BCUT2D eigenvalue weighted by atomic mass is 35.5. The summed E-state index contributed by atoms with van der Waals surface area (Å²) in [5.74, 6) is -0.341. The van der Waals surface area contributed by atoms with Crippen LogP contribution in [0.1, 0.15) is 56.8 Å². The molecule has 1 unspecified atom stereocenters. The molecule has 0 radical (unpaired) electrons. The number of benzene rings is 1. The number of rotatable bonds is 9. The van der Waals surface area contributed by atoms with Gasteiger partial charge in [-0.25, -0.2) is 8.42 Å². The van der Waals surface area contributed by atoms with Crippen LogP contribution >= 0.6 is 11.6 Å². The number of likely N-dealkylation sites (tertiary alicyclic amines) is 1. The number of nitrogens with zero attached hydrogens (tertiary/aromatic N) is 2. The summed E-state index contributed by atoms with van der Waals surface area (Å²) in [7, 11) is -3.64. The third kappa shape index (κ3) is 5.47. The maximum Gasteiger partial charge on any atom is 0.252 e. The van der Waals surface area contributed by atoms with Gasteiger partial charge in [-0.3, -0.25) is 9.69 Å². The molecule has 2 rings (SSSR count). The molecule has 1 aromatic rings. The van der Waals surface area contributed by atoms with E-state index in [2.05, 4.69) is 17.1 Å². The van der Waals surface area contributed by atoms with E-state index >= 15 is 0 Å². The van der Waals surface area contributed by atoms with Gasteiger partial charge in [-0.05, 0) is 44.0 Å². The molecule has 1 saturated heterocycles. The molecule has 8 heteroatoms. The van der Waals surface area contributed by atoms with Crippen molar-refractivity contribution >= 4 is 27.5 Å². The van der Waals surface area contributed by atoms with Crippen molar-refractivity contribution in [3.8, 4) is 0 Å². The summed E-state index contributed by atoms with van der Waals surface area (Å²) in [6, 6.07) is 4.88. The van der Waals surface area contributed by atoms with Crippen molar-refractivity contribution in [1.82, 2.24) is 14.5 Å². The maximum atomic E-state index is 12.7. The lowest BCUT2D eigenvalue weighted by Gasteiger charge is -2.35. The number of carbonyl (C=O) groups excluding carboxylic acids is 1. The SMILES string of the molecule is CCC1CCCCN1CCNC(=O)c1cc(S(=O)(=O)N(CC)CC)ccc1Cl. The van der Waals surface area contributed by atoms with Gasteiger partial charge in [0.25, 0.3) is 5.91 Å².